The second-order valence-electron chi connectivity index (χ2n) is 6.60. The van der Waals surface area contributed by atoms with Crippen LogP contribution < -0.4 is 5.56 Å². The molecule has 5 heteroatoms. The third kappa shape index (κ3) is 3.46. The Morgan fingerprint density at radius 3 is 2.70 bits per heavy atom. The maximum atomic E-state index is 12.4. The Bertz CT molecular complexity index is 530. The van der Waals surface area contributed by atoms with Gasteiger partial charge >= 0.3 is 0 Å². The number of aromatic nitrogens is 2. The van der Waals surface area contributed by atoms with Crippen LogP contribution in [0.4, 0.5) is 0 Å². The smallest absolute Gasteiger partial charge is 0.271 e. The Morgan fingerprint density at radius 2 is 2.05 bits per heavy atom. The number of likely N-dealkylation sites (tertiary alicyclic amines) is 1. The first-order valence-electron chi connectivity index (χ1n) is 7.21. The Kier molecular flexibility index (Phi) is 4.26. The number of aromatic amines is 1. The molecule has 20 heavy (non-hydrogen) atoms. The van der Waals surface area contributed by atoms with Gasteiger partial charge in [-0.15, -0.1) is 0 Å². The fourth-order valence-corrected chi connectivity index (χ4v) is 2.82. The van der Waals surface area contributed by atoms with Crippen LogP contribution >= 0.6 is 0 Å². The summed E-state index contributed by atoms with van der Waals surface area (Å²) >= 11 is 0. The number of H-pyrrole nitrogens is 1. The summed E-state index contributed by atoms with van der Waals surface area (Å²) in [5.74, 6) is 0.512. The van der Waals surface area contributed by atoms with Crippen molar-refractivity contribution < 1.29 is 4.79 Å². The summed E-state index contributed by atoms with van der Waals surface area (Å²) < 4.78 is 0. The van der Waals surface area contributed by atoms with Gasteiger partial charge in [0.05, 0.1) is 12.4 Å². The molecule has 0 aromatic carbocycles. The van der Waals surface area contributed by atoms with Crippen molar-refractivity contribution in [3.8, 4) is 0 Å². The zero-order valence-corrected chi connectivity index (χ0v) is 12.5. The minimum Gasteiger partial charge on any atom is -0.337 e. The fourth-order valence-electron chi connectivity index (χ4n) is 2.82. The highest BCUT2D eigenvalue weighted by atomic mass is 16.2. The van der Waals surface area contributed by atoms with Gasteiger partial charge in [-0.3, -0.25) is 14.6 Å². The number of rotatable bonds is 1. The van der Waals surface area contributed by atoms with E-state index < -0.39 is 0 Å². The molecule has 1 aliphatic heterocycles. The second kappa shape index (κ2) is 5.77. The highest BCUT2D eigenvalue weighted by molar-refractivity contribution is 5.91. The van der Waals surface area contributed by atoms with Gasteiger partial charge in [-0.1, -0.05) is 20.8 Å². The van der Waals surface area contributed by atoms with E-state index in [0.29, 0.717) is 5.92 Å². The molecule has 110 valence electrons. The van der Waals surface area contributed by atoms with Gasteiger partial charge in [-0.05, 0) is 30.6 Å². The monoisotopic (exact) mass is 277 g/mol. The number of amides is 1. The first kappa shape index (κ1) is 14.8. The number of hydrogen-bond acceptors (Lipinski definition) is 3. The van der Waals surface area contributed by atoms with E-state index in [-0.39, 0.29) is 22.6 Å². The zero-order valence-electron chi connectivity index (χ0n) is 12.5. The molecule has 0 aliphatic carbocycles. The summed E-state index contributed by atoms with van der Waals surface area (Å²) in [4.78, 5) is 31.8. The van der Waals surface area contributed by atoms with Crippen molar-refractivity contribution >= 4 is 5.91 Å². The number of hydrogen-bond donors (Lipinski definition) is 1. The molecule has 1 N–H and O–H groups in total. The molecular weight excluding hydrogens is 254 g/mol. The maximum absolute atomic E-state index is 12.4. The van der Waals surface area contributed by atoms with Gasteiger partial charge in [0.15, 0.2) is 0 Å². The molecule has 2 heterocycles. The Labute approximate surface area is 119 Å². The lowest BCUT2D eigenvalue weighted by Crippen LogP contribution is -2.34. The van der Waals surface area contributed by atoms with E-state index in [1.54, 1.807) is 0 Å². The van der Waals surface area contributed by atoms with Gasteiger partial charge in [0, 0.05) is 13.1 Å². The topological polar surface area (TPSA) is 66.1 Å². The summed E-state index contributed by atoms with van der Waals surface area (Å²) in [6, 6.07) is 0. The molecule has 0 radical (unpaired) electrons. The molecule has 1 fully saturated rings. The van der Waals surface area contributed by atoms with Crippen LogP contribution in [0, 0.1) is 11.3 Å². The van der Waals surface area contributed by atoms with E-state index >= 15 is 0 Å². The Morgan fingerprint density at radius 1 is 1.30 bits per heavy atom. The van der Waals surface area contributed by atoms with Crippen molar-refractivity contribution in [1.82, 2.24) is 14.9 Å². The average molecular weight is 277 g/mol. The number of carbonyl (C=O) groups is 1. The maximum Gasteiger partial charge on any atom is 0.271 e. The highest BCUT2D eigenvalue weighted by Crippen LogP contribution is 2.34. The van der Waals surface area contributed by atoms with E-state index in [1.165, 1.54) is 12.4 Å². The van der Waals surface area contributed by atoms with Crippen LogP contribution in [0.1, 0.15) is 50.5 Å². The van der Waals surface area contributed by atoms with Crippen molar-refractivity contribution in [2.45, 2.75) is 40.0 Å². The number of carbonyl (C=O) groups excluding carboxylic acids is 1. The minimum absolute atomic E-state index is 0.121. The van der Waals surface area contributed by atoms with E-state index in [2.05, 4.69) is 30.7 Å². The zero-order chi connectivity index (χ0) is 14.8. The van der Waals surface area contributed by atoms with E-state index in [9.17, 15) is 9.59 Å². The molecular formula is C15H23N3O2. The van der Waals surface area contributed by atoms with Crippen LogP contribution in [-0.4, -0.2) is 33.9 Å². The standard InChI is InChI=1S/C15H23N3O2/c1-15(2,3)11-5-4-7-18(8-6-11)14(20)12-9-16-10-13(19)17-12/h9-11H,4-8H2,1-3H3,(H,17,19). The molecule has 5 nitrogen and oxygen atoms in total. The summed E-state index contributed by atoms with van der Waals surface area (Å²) in [5, 5.41) is 0. The quantitative estimate of drug-likeness (QED) is 0.854. The molecule has 0 bridgehead atoms. The van der Waals surface area contributed by atoms with E-state index in [1.807, 2.05) is 4.90 Å². The first-order chi connectivity index (χ1) is 9.38. The van der Waals surface area contributed by atoms with Gasteiger partial charge in [-0.25, -0.2) is 0 Å². The van der Waals surface area contributed by atoms with Crippen molar-refractivity contribution in [2.24, 2.45) is 11.3 Å². The second-order valence-corrected chi connectivity index (χ2v) is 6.60. The van der Waals surface area contributed by atoms with Crippen LogP contribution in [0.15, 0.2) is 17.2 Å². The van der Waals surface area contributed by atoms with Crippen molar-refractivity contribution in [1.29, 1.82) is 0 Å². The molecule has 0 spiro atoms. The SMILES string of the molecule is CC(C)(C)C1CCCN(C(=O)c2cncc(=O)[nH]2)CC1. The number of nitrogens with zero attached hydrogens (tertiary/aromatic N) is 2. The largest absolute Gasteiger partial charge is 0.337 e. The van der Waals surface area contributed by atoms with Gasteiger partial charge in [0.25, 0.3) is 11.5 Å². The average Bonchev–Trinajstić information content (AvgIpc) is 2.63. The molecule has 1 atom stereocenters. The normalized spacial score (nSPS) is 20.6. The van der Waals surface area contributed by atoms with Crippen molar-refractivity contribution in [3.63, 3.8) is 0 Å². The van der Waals surface area contributed by atoms with Crippen LogP contribution in [0.5, 0.6) is 0 Å². The molecule has 1 saturated heterocycles. The molecule has 1 aromatic heterocycles. The third-order valence-corrected chi connectivity index (χ3v) is 4.12. The third-order valence-electron chi connectivity index (χ3n) is 4.12. The van der Waals surface area contributed by atoms with Gasteiger partial charge in [0.1, 0.15) is 5.69 Å². The molecule has 0 saturated carbocycles. The van der Waals surface area contributed by atoms with Crippen molar-refractivity contribution in [3.05, 3.63) is 28.4 Å². The van der Waals surface area contributed by atoms with Crippen LogP contribution in [0.25, 0.3) is 0 Å². The summed E-state index contributed by atoms with van der Waals surface area (Å²) in [7, 11) is 0. The Balaban J connectivity index is 2.07. The van der Waals surface area contributed by atoms with E-state index in [4.69, 9.17) is 0 Å². The van der Waals surface area contributed by atoms with Crippen LogP contribution in [0.2, 0.25) is 0 Å². The van der Waals surface area contributed by atoms with Crippen LogP contribution in [0.3, 0.4) is 0 Å². The van der Waals surface area contributed by atoms with Gasteiger partial charge < -0.3 is 9.88 Å². The predicted octanol–water partition coefficient (Wildman–Crippen LogP) is 2.06. The summed E-state index contributed by atoms with van der Waals surface area (Å²) in [6.45, 7) is 8.27. The minimum atomic E-state index is -0.335. The Hall–Kier alpha value is -1.65. The van der Waals surface area contributed by atoms with Crippen molar-refractivity contribution in [2.75, 3.05) is 13.1 Å². The lowest BCUT2D eigenvalue weighted by Gasteiger charge is -2.29. The highest BCUT2D eigenvalue weighted by Gasteiger charge is 2.28. The van der Waals surface area contributed by atoms with E-state index in [0.717, 1.165) is 32.4 Å². The first-order valence-corrected chi connectivity index (χ1v) is 7.21. The van der Waals surface area contributed by atoms with Crippen LogP contribution in [-0.2, 0) is 0 Å². The molecule has 1 aromatic rings. The summed E-state index contributed by atoms with van der Waals surface area (Å²) in [5.41, 5.74) is 0.228. The molecule has 1 amide bonds. The lowest BCUT2D eigenvalue weighted by atomic mass is 9.77. The summed E-state index contributed by atoms with van der Waals surface area (Å²) in [6.07, 6.45) is 5.78. The van der Waals surface area contributed by atoms with Gasteiger partial charge in [0.2, 0.25) is 0 Å². The number of nitrogens with one attached hydrogen (secondary N) is 1. The molecule has 1 aliphatic rings. The molecule has 1 unspecified atom stereocenters. The molecule has 2 rings (SSSR count). The lowest BCUT2D eigenvalue weighted by molar-refractivity contribution is 0.0749. The fraction of sp³-hybridized carbons (Fsp3) is 0.667. The van der Waals surface area contributed by atoms with Gasteiger partial charge in [-0.2, -0.15) is 0 Å². The predicted molar refractivity (Wildman–Crippen MR) is 77.6 cm³/mol.